The fourth-order valence-electron chi connectivity index (χ4n) is 5.46. The molecule has 7 nitrogen and oxygen atoms in total. The number of carbonyl (C=O) groups excluding carboxylic acids is 2. The lowest BCUT2D eigenvalue weighted by molar-refractivity contribution is -0.138. The first-order valence-corrected chi connectivity index (χ1v) is 16.6. The van der Waals surface area contributed by atoms with Gasteiger partial charge in [0.25, 0.3) is 0 Å². The zero-order valence-electron chi connectivity index (χ0n) is 29.4. The van der Waals surface area contributed by atoms with Crippen LogP contribution >= 0.6 is 0 Å². The summed E-state index contributed by atoms with van der Waals surface area (Å²) in [7, 11) is 0. The number of benzene rings is 4. The van der Waals surface area contributed by atoms with Crippen molar-refractivity contribution in [1.29, 1.82) is 0 Å². The number of aliphatic hydroxyl groups is 3. The molecule has 4 N–H and O–H groups in total. The van der Waals surface area contributed by atoms with Gasteiger partial charge in [-0.15, -0.1) is 0 Å². The van der Waals surface area contributed by atoms with Gasteiger partial charge in [-0.3, -0.25) is 14.4 Å². The van der Waals surface area contributed by atoms with Gasteiger partial charge in [-0.25, -0.2) is 0 Å². The topological polar surface area (TPSA) is 132 Å². The van der Waals surface area contributed by atoms with Gasteiger partial charge in [-0.2, -0.15) is 0 Å². The Kier molecular flexibility index (Phi) is 13.8. The Morgan fingerprint density at radius 3 is 1.22 bits per heavy atom. The first-order valence-electron chi connectivity index (χ1n) is 16.6. The molecule has 2 unspecified atom stereocenters. The van der Waals surface area contributed by atoms with Crippen LogP contribution in [0.25, 0.3) is 0 Å². The SMILES string of the molecule is CC(C)(C)c1ccc(C(CO)Cc2ccc(C(=O)CO)cc2)cc1.CC(C)(C)c1ccc(C(Cc2ccc(C(=O)CO)cc2)C(=O)O)cc1. The van der Waals surface area contributed by atoms with Crippen molar-refractivity contribution >= 4 is 17.5 Å². The number of carboxylic acids is 1. The van der Waals surface area contributed by atoms with Crippen LogP contribution in [0.3, 0.4) is 0 Å². The standard InChI is InChI=1S/C21H24O4.C21H26O3/c1-21(2,3)17-10-8-15(9-11-17)18(20(24)25)12-14-4-6-16(7-5-14)19(23)13-22;1-21(2,3)19-10-8-16(9-11-19)18(13-22)12-15-4-6-17(7-5-15)20(24)14-23/h4-11,18,22H,12-13H2,1-3H3,(H,24,25);4-11,18,22-23H,12-14H2,1-3H3. The number of hydrogen-bond acceptors (Lipinski definition) is 6. The van der Waals surface area contributed by atoms with Crippen molar-refractivity contribution in [3.05, 3.63) is 142 Å². The molecule has 0 aromatic heterocycles. The summed E-state index contributed by atoms with van der Waals surface area (Å²) in [5.74, 6) is -2.12. The number of Topliss-reactive ketones (excluding diaryl/α,β-unsaturated/α-hetero) is 2. The van der Waals surface area contributed by atoms with Crippen LogP contribution in [0.4, 0.5) is 0 Å². The third-order valence-electron chi connectivity index (χ3n) is 8.71. The number of aliphatic carboxylic acids is 1. The van der Waals surface area contributed by atoms with Crippen molar-refractivity contribution < 1.29 is 34.8 Å². The molecular formula is C42H50O7. The van der Waals surface area contributed by atoms with Gasteiger partial charge in [0, 0.05) is 17.0 Å². The lowest BCUT2D eigenvalue weighted by Gasteiger charge is -2.21. The Morgan fingerprint density at radius 1 is 0.531 bits per heavy atom. The van der Waals surface area contributed by atoms with Crippen molar-refractivity contribution in [2.24, 2.45) is 0 Å². The van der Waals surface area contributed by atoms with E-state index in [2.05, 4.69) is 65.8 Å². The van der Waals surface area contributed by atoms with E-state index in [0.29, 0.717) is 24.0 Å². The number of rotatable bonds is 12. The summed E-state index contributed by atoms with van der Waals surface area (Å²) in [6.07, 6.45) is 1.05. The van der Waals surface area contributed by atoms with Gasteiger partial charge in [0.15, 0.2) is 11.6 Å². The molecule has 0 saturated carbocycles. The molecular weight excluding hydrogens is 616 g/mol. The van der Waals surface area contributed by atoms with Gasteiger partial charge in [0.1, 0.15) is 13.2 Å². The highest BCUT2D eigenvalue weighted by Crippen LogP contribution is 2.28. The van der Waals surface area contributed by atoms with E-state index >= 15 is 0 Å². The first kappa shape index (κ1) is 39.0. The van der Waals surface area contributed by atoms with E-state index in [1.54, 1.807) is 36.4 Å². The Morgan fingerprint density at radius 2 is 0.898 bits per heavy atom. The van der Waals surface area contributed by atoms with E-state index in [-0.39, 0.29) is 34.9 Å². The van der Waals surface area contributed by atoms with Crippen molar-refractivity contribution in [1.82, 2.24) is 0 Å². The largest absolute Gasteiger partial charge is 0.481 e. The van der Waals surface area contributed by atoms with Gasteiger partial charge < -0.3 is 20.4 Å². The smallest absolute Gasteiger partial charge is 0.311 e. The van der Waals surface area contributed by atoms with Crippen molar-refractivity contribution in [2.75, 3.05) is 19.8 Å². The maximum absolute atomic E-state index is 11.7. The third-order valence-corrected chi connectivity index (χ3v) is 8.71. The molecule has 49 heavy (non-hydrogen) atoms. The van der Waals surface area contributed by atoms with Crippen LogP contribution in [-0.4, -0.2) is 57.8 Å². The summed E-state index contributed by atoms with van der Waals surface area (Å²) in [6.45, 7) is 12.0. The maximum atomic E-state index is 11.7. The summed E-state index contributed by atoms with van der Waals surface area (Å²) in [4.78, 5) is 34.6. The average Bonchev–Trinajstić information content (AvgIpc) is 3.09. The summed E-state index contributed by atoms with van der Waals surface area (Å²) < 4.78 is 0. The summed E-state index contributed by atoms with van der Waals surface area (Å²) in [5.41, 5.74) is 7.27. The van der Waals surface area contributed by atoms with Crippen molar-refractivity contribution in [3.63, 3.8) is 0 Å². The highest BCUT2D eigenvalue weighted by Gasteiger charge is 2.22. The minimum absolute atomic E-state index is 0.0202. The molecule has 7 heteroatoms. The average molecular weight is 667 g/mol. The van der Waals surface area contributed by atoms with Crippen molar-refractivity contribution in [3.8, 4) is 0 Å². The first-order chi connectivity index (χ1) is 23.1. The second-order valence-electron chi connectivity index (χ2n) is 14.5. The maximum Gasteiger partial charge on any atom is 0.311 e. The zero-order valence-corrected chi connectivity index (χ0v) is 29.4. The predicted molar refractivity (Wildman–Crippen MR) is 194 cm³/mol. The Labute approximate surface area is 290 Å². The normalized spacial score (nSPS) is 12.8. The lowest BCUT2D eigenvalue weighted by Crippen LogP contribution is -2.16. The van der Waals surface area contributed by atoms with Crippen LogP contribution in [0.2, 0.25) is 0 Å². The molecule has 0 spiro atoms. The molecule has 0 aliphatic rings. The summed E-state index contributed by atoms with van der Waals surface area (Å²) >= 11 is 0. The number of carboxylic acid groups (broad SMARTS) is 1. The van der Waals surface area contributed by atoms with Gasteiger partial charge in [-0.05, 0) is 57.1 Å². The van der Waals surface area contributed by atoms with Crippen LogP contribution in [-0.2, 0) is 28.5 Å². The molecule has 0 aliphatic carbocycles. The Bertz CT molecular complexity index is 1660. The predicted octanol–water partition coefficient (Wildman–Crippen LogP) is 7.05. The Hall–Kier alpha value is -4.43. The highest BCUT2D eigenvalue weighted by atomic mass is 16.4. The number of ketones is 2. The molecule has 0 fully saturated rings. The molecule has 260 valence electrons. The van der Waals surface area contributed by atoms with E-state index in [9.17, 15) is 24.6 Å². The van der Waals surface area contributed by atoms with Crippen LogP contribution in [0, 0.1) is 0 Å². The number of carbonyl (C=O) groups is 3. The molecule has 4 aromatic carbocycles. The summed E-state index contributed by atoms with van der Waals surface area (Å²) in [6, 6.07) is 30.1. The van der Waals surface area contributed by atoms with Crippen LogP contribution in [0.1, 0.15) is 107 Å². The van der Waals surface area contributed by atoms with Gasteiger partial charge >= 0.3 is 5.97 Å². The van der Waals surface area contributed by atoms with E-state index in [1.807, 2.05) is 36.4 Å². The minimum Gasteiger partial charge on any atom is -0.481 e. The van der Waals surface area contributed by atoms with Gasteiger partial charge in [0.2, 0.25) is 0 Å². The molecule has 0 heterocycles. The van der Waals surface area contributed by atoms with Crippen LogP contribution < -0.4 is 0 Å². The van der Waals surface area contributed by atoms with E-state index in [1.165, 1.54) is 5.56 Å². The number of aliphatic hydroxyl groups excluding tert-OH is 3. The van der Waals surface area contributed by atoms with Gasteiger partial charge in [0.05, 0.1) is 12.5 Å². The fraction of sp³-hybridized carbons (Fsp3) is 0.357. The minimum atomic E-state index is -0.876. The fourth-order valence-corrected chi connectivity index (χ4v) is 5.46. The van der Waals surface area contributed by atoms with Crippen molar-refractivity contribution in [2.45, 2.75) is 77.0 Å². The molecule has 0 bridgehead atoms. The summed E-state index contributed by atoms with van der Waals surface area (Å²) in [5, 5.41) is 37.1. The zero-order chi connectivity index (χ0) is 36.4. The molecule has 4 aromatic rings. The second kappa shape index (κ2) is 17.3. The van der Waals surface area contributed by atoms with E-state index in [4.69, 9.17) is 10.2 Å². The molecule has 2 atom stereocenters. The third kappa shape index (κ3) is 11.3. The highest BCUT2D eigenvalue weighted by molar-refractivity contribution is 5.97. The molecule has 0 amide bonds. The lowest BCUT2D eigenvalue weighted by atomic mass is 9.84. The van der Waals surface area contributed by atoms with Crippen LogP contribution in [0.5, 0.6) is 0 Å². The van der Waals surface area contributed by atoms with E-state index < -0.39 is 25.1 Å². The quantitative estimate of drug-likeness (QED) is 0.119. The van der Waals surface area contributed by atoms with Gasteiger partial charge in [-0.1, -0.05) is 139 Å². The van der Waals surface area contributed by atoms with E-state index in [0.717, 1.165) is 27.8 Å². The Balaban J connectivity index is 0.000000266. The molecule has 4 rings (SSSR count). The molecule has 0 aliphatic heterocycles. The molecule has 0 saturated heterocycles. The van der Waals surface area contributed by atoms with Crippen LogP contribution in [0.15, 0.2) is 97.1 Å². The monoisotopic (exact) mass is 666 g/mol. The number of hydrogen-bond donors (Lipinski definition) is 4. The second-order valence-corrected chi connectivity index (χ2v) is 14.5. The molecule has 0 radical (unpaired) electrons.